The predicted octanol–water partition coefficient (Wildman–Crippen LogP) is 6.24. The zero-order chi connectivity index (χ0) is 26.2. The SMILES string of the molecule is CCCCOC(=O)c1ccc(NC(=O)c2ccccc2-c2ncc(-c3ccc(OC)cc3OC)o2)cc1. The molecule has 0 saturated heterocycles. The maximum absolute atomic E-state index is 13.1. The molecule has 8 heteroatoms. The van der Waals surface area contributed by atoms with Crippen molar-refractivity contribution < 1.29 is 28.2 Å². The second kappa shape index (κ2) is 11.9. The summed E-state index contributed by atoms with van der Waals surface area (Å²) in [6.07, 6.45) is 3.36. The smallest absolute Gasteiger partial charge is 0.338 e. The molecule has 37 heavy (non-hydrogen) atoms. The minimum Gasteiger partial charge on any atom is -0.497 e. The number of nitrogens with one attached hydrogen (secondary N) is 1. The summed E-state index contributed by atoms with van der Waals surface area (Å²) >= 11 is 0. The molecule has 8 nitrogen and oxygen atoms in total. The summed E-state index contributed by atoms with van der Waals surface area (Å²) in [6, 6.07) is 19.0. The van der Waals surface area contributed by atoms with Crippen LogP contribution in [0.3, 0.4) is 0 Å². The van der Waals surface area contributed by atoms with Gasteiger partial charge < -0.3 is 23.9 Å². The predicted molar refractivity (Wildman–Crippen MR) is 140 cm³/mol. The third-order valence-corrected chi connectivity index (χ3v) is 5.69. The molecular weight excluding hydrogens is 472 g/mol. The zero-order valence-corrected chi connectivity index (χ0v) is 20.9. The second-order valence-corrected chi connectivity index (χ2v) is 8.16. The number of hydrogen-bond acceptors (Lipinski definition) is 7. The van der Waals surface area contributed by atoms with Gasteiger partial charge in [-0.25, -0.2) is 9.78 Å². The second-order valence-electron chi connectivity index (χ2n) is 8.16. The van der Waals surface area contributed by atoms with Gasteiger partial charge in [-0.2, -0.15) is 0 Å². The largest absolute Gasteiger partial charge is 0.497 e. The van der Waals surface area contributed by atoms with E-state index in [1.165, 1.54) is 0 Å². The standard InChI is InChI=1S/C29H28N2O6/c1-4-5-16-36-29(33)19-10-12-20(13-11-19)31-27(32)22-8-6-7-9-23(22)28-30-18-26(37-28)24-15-14-21(34-2)17-25(24)35-3/h6-15,17-18H,4-5,16H2,1-3H3,(H,31,32). The number of amides is 1. The van der Waals surface area contributed by atoms with E-state index in [2.05, 4.69) is 10.3 Å². The highest BCUT2D eigenvalue weighted by Gasteiger charge is 2.19. The molecule has 0 aliphatic heterocycles. The Morgan fingerprint density at radius 1 is 0.946 bits per heavy atom. The molecule has 0 aliphatic carbocycles. The minimum absolute atomic E-state index is 0.295. The van der Waals surface area contributed by atoms with Gasteiger partial charge in [0.25, 0.3) is 5.91 Å². The van der Waals surface area contributed by atoms with Crippen LogP contribution in [0.25, 0.3) is 22.8 Å². The first-order valence-electron chi connectivity index (χ1n) is 11.9. The lowest BCUT2D eigenvalue weighted by Gasteiger charge is -2.10. The highest BCUT2D eigenvalue weighted by atomic mass is 16.5. The molecule has 3 aromatic carbocycles. The molecule has 4 aromatic rings. The number of carbonyl (C=O) groups excluding carboxylic acids is 2. The number of methoxy groups -OCH3 is 2. The van der Waals surface area contributed by atoms with Crippen LogP contribution in [0.4, 0.5) is 5.69 Å². The number of esters is 1. The van der Waals surface area contributed by atoms with Gasteiger partial charge >= 0.3 is 5.97 Å². The number of benzene rings is 3. The number of rotatable bonds is 10. The summed E-state index contributed by atoms with van der Waals surface area (Å²) in [5.41, 5.74) is 2.60. The molecule has 1 amide bonds. The van der Waals surface area contributed by atoms with Crippen LogP contribution in [0, 0.1) is 0 Å². The molecule has 0 saturated carbocycles. The summed E-state index contributed by atoms with van der Waals surface area (Å²) in [6.45, 7) is 2.42. The van der Waals surface area contributed by atoms with Crippen molar-refractivity contribution in [3.05, 3.63) is 84.1 Å². The van der Waals surface area contributed by atoms with Crippen molar-refractivity contribution in [3.8, 4) is 34.3 Å². The molecule has 0 bridgehead atoms. The van der Waals surface area contributed by atoms with E-state index in [-0.39, 0.29) is 11.9 Å². The molecular formula is C29H28N2O6. The Kier molecular flexibility index (Phi) is 8.20. The molecule has 1 aromatic heterocycles. The molecule has 0 unspecified atom stereocenters. The molecule has 0 atom stereocenters. The fraction of sp³-hybridized carbons (Fsp3) is 0.207. The first-order chi connectivity index (χ1) is 18.0. The van der Waals surface area contributed by atoms with Crippen LogP contribution in [0.5, 0.6) is 11.5 Å². The minimum atomic E-state index is -0.384. The van der Waals surface area contributed by atoms with Crippen LogP contribution in [0.2, 0.25) is 0 Å². The number of carbonyl (C=O) groups is 2. The molecule has 0 aliphatic rings. The lowest BCUT2D eigenvalue weighted by Crippen LogP contribution is -2.13. The molecule has 1 N–H and O–H groups in total. The Morgan fingerprint density at radius 2 is 1.73 bits per heavy atom. The Balaban J connectivity index is 1.52. The van der Waals surface area contributed by atoms with Crippen molar-refractivity contribution in [3.63, 3.8) is 0 Å². The Bertz CT molecular complexity index is 1380. The van der Waals surface area contributed by atoms with E-state index in [0.29, 0.717) is 57.7 Å². The number of anilines is 1. The van der Waals surface area contributed by atoms with E-state index in [9.17, 15) is 9.59 Å². The van der Waals surface area contributed by atoms with E-state index < -0.39 is 0 Å². The first kappa shape index (κ1) is 25.5. The average molecular weight is 501 g/mol. The average Bonchev–Trinajstić information content (AvgIpc) is 3.43. The Hall–Kier alpha value is -4.59. The highest BCUT2D eigenvalue weighted by molar-refractivity contribution is 6.08. The monoisotopic (exact) mass is 500 g/mol. The van der Waals surface area contributed by atoms with E-state index in [4.69, 9.17) is 18.6 Å². The van der Waals surface area contributed by atoms with Crippen LogP contribution in [-0.2, 0) is 4.74 Å². The van der Waals surface area contributed by atoms with Crippen LogP contribution in [-0.4, -0.2) is 37.7 Å². The van der Waals surface area contributed by atoms with E-state index in [1.54, 1.807) is 75.0 Å². The van der Waals surface area contributed by atoms with Crippen LogP contribution < -0.4 is 14.8 Å². The summed E-state index contributed by atoms with van der Waals surface area (Å²) in [5.74, 6) is 1.30. The Labute approximate surface area is 215 Å². The fourth-order valence-electron chi connectivity index (χ4n) is 3.67. The van der Waals surface area contributed by atoms with Crippen LogP contribution >= 0.6 is 0 Å². The van der Waals surface area contributed by atoms with Gasteiger partial charge in [-0.1, -0.05) is 25.5 Å². The third-order valence-electron chi connectivity index (χ3n) is 5.69. The van der Waals surface area contributed by atoms with Crippen molar-refractivity contribution in [2.75, 3.05) is 26.1 Å². The summed E-state index contributed by atoms with van der Waals surface area (Å²) < 4.78 is 22.0. The number of nitrogens with zero attached hydrogens (tertiary/aromatic N) is 1. The number of hydrogen-bond donors (Lipinski definition) is 1. The third kappa shape index (κ3) is 5.98. The first-order valence-corrected chi connectivity index (χ1v) is 11.9. The topological polar surface area (TPSA) is 99.9 Å². The molecule has 1 heterocycles. The fourth-order valence-corrected chi connectivity index (χ4v) is 3.67. The maximum atomic E-state index is 13.1. The summed E-state index contributed by atoms with van der Waals surface area (Å²) in [7, 11) is 3.15. The van der Waals surface area contributed by atoms with Gasteiger partial charge in [0, 0.05) is 17.3 Å². The molecule has 0 radical (unpaired) electrons. The van der Waals surface area contributed by atoms with Gasteiger partial charge in [0.1, 0.15) is 11.5 Å². The van der Waals surface area contributed by atoms with Crippen LogP contribution in [0.1, 0.15) is 40.5 Å². The van der Waals surface area contributed by atoms with E-state index in [0.717, 1.165) is 12.8 Å². The van der Waals surface area contributed by atoms with Crippen molar-refractivity contribution in [1.29, 1.82) is 0 Å². The lowest BCUT2D eigenvalue weighted by atomic mass is 10.1. The van der Waals surface area contributed by atoms with Gasteiger partial charge in [-0.05, 0) is 55.0 Å². The quantitative estimate of drug-likeness (QED) is 0.203. The van der Waals surface area contributed by atoms with Crippen molar-refractivity contribution in [2.45, 2.75) is 19.8 Å². The number of ether oxygens (including phenoxy) is 3. The normalized spacial score (nSPS) is 10.6. The number of aromatic nitrogens is 1. The van der Waals surface area contributed by atoms with Crippen molar-refractivity contribution in [2.24, 2.45) is 0 Å². The van der Waals surface area contributed by atoms with E-state index in [1.807, 2.05) is 19.1 Å². The van der Waals surface area contributed by atoms with Gasteiger partial charge in [0.05, 0.1) is 43.7 Å². The summed E-state index contributed by atoms with van der Waals surface area (Å²) in [5, 5.41) is 2.86. The zero-order valence-electron chi connectivity index (χ0n) is 20.9. The summed E-state index contributed by atoms with van der Waals surface area (Å²) in [4.78, 5) is 29.7. The van der Waals surface area contributed by atoms with E-state index >= 15 is 0 Å². The van der Waals surface area contributed by atoms with Gasteiger partial charge in [-0.3, -0.25) is 4.79 Å². The molecule has 0 fully saturated rings. The molecule has 4 rings (SSSR count). The lowest BCUT2D eigenvalue weighted by molar-refractivity contribution is 0.0499. The highest BCUT2D eigenvalue weighted by Crippen LogP contribution is 2.35. The van der Waals surface area contributed by atoms with Gasteiger partial charge in [0.15, 0.2) is 5.76 Å². The number of oxazole rings is 1. The molecule has 190 valence electrons. The van der Waals surface area contributed by atoms with Crippen molar-refractivity contribution >= 4 is 17.6 Å². The van der Waals surface area contributed by atoms with Crippen LogP contribution in [0.15, 0.2) is 77.3 Å². The maximum Gasteiger partial charge on any atom is 0.338 e. The van der Waals surface area contributed by atoms with Gasteiger partial charge in [0.2, 0.25) is 5.89 Å². The van der Waals surface area contributed by atoms with Gasteiger partial charge in [-0.15, -0.1) is 0 Å². The van der Waals surface area contributed by atoms with Crippen molar-refractivity contribution in [1.82, 2.24) is 4.98 Å². The number of unbranched alkanes of at least 4 members (excludes halogenated alkanes) is 1. The Morgan fingerprint density at radius 3 is 2.46 bits per heavy atom. The molecule has 0 spiro atoms.